The maximum absolute atomic E-state index is 13.2. The number of rotatable bonds is 8. The van der Waals surface area contributed by atoms with Gasteiger partial charge in [0.2, 0.25) is 15.9 Å². The molecule has 2 atom stereocenters. The summed E-state index contributed by atoms with van der Waals surface area (Å²) in [5.41, 5.74) is 4.03. The molecule has 0 unspecified atom stereocenters. The second kappa shape index (κ2) is 9.49. The Morgan fingerprint density at radius 2 is 1.90 bits per heavy atom. The van der Waals surface area contributed by atoms with Crippen molar-refractivity contribution in [1.29, 1.82) is 0 Å². The Bertz CT molecular complexity index is 1070. The predicted molar refractivity (Wildman–Crippen MR) is 124 cm³/mol. The average Bonchev–Trinajstić information content (AvgIpc) is 3.18. The fourth-order valence-corrected chi connectivity index (χ4v) is 5.56. The lowest BCUT2D eigenvalue weighted by Crippen LogP contribution is -2.49. The lowest BCUT2D eigenvalue weighted by Gasteiger charge is -2.31. The number of ether oxygens (including phenoxy) is 1. The van der Waals surface area contributed by atoms with Gasteiger partial charge in [0.25, 0.3) is 0 Å². The number of carbonyl (C=O) groups excluding carboxylic acids is 1. The highest BCUT2D eigenvalue weighted by Crippen LogP contribution is 2.32. The zero-order valence-electron chi connectivity index (χ0n) is 18.3. The van der Waals surface area contributed by atoms with E-state index in [4.69, 9.17) is 16.3 Å². The summed E-state index contributed by atoms with van der Waals surface area (Å²) in [6, 6.07) is 9.84. The molecule has 0 spiro atoms. The Morgan fingerprint density at radius 3 is 2.52 bits per heavy atom. The first-order valence-corrected chi connectivity index (χ1v) is 12.6. The van der Waals surface area contributed by atoms with Crippen LogP contribution in [0.4, 0.5) is 5.69 Å². The van der Waals surface area contributed by atoms with E-state index in [1.165, 1.54) is 24.3 Å². The molecule has 0 aromatic heterocycles. The smallest absolute Gasteiger partial charge is 0.244 e. The number of hydrogen-bond donors (Lipinski definition) is 1. The van der Waals surface area contributed by atoms with Crippen LogP contribution in [0.15, 0.2) is 36.4 Å². The highest BCUT2D eigenvalue weighted by Gasteiger charge is 2.32. The molecule has 0 bridgehead atoms. The van der Waals surface area contributed by atoms with E-state index in [1.807, 2.05) is 13.0 Å². The van der Waals surface area contributed by atoms with Crippen molar-refractivity contribution in [3.63, 3.8) is 0 Å². The van der Waals surface area contributed by atoms with Gasteiger partial charge in [0, 0.05) is 0 Å². The van der Waals surface area contributed by atoms with Crippen molar-refractivity contribution in [1.82, 2.24) is 5.32 Å². The molecule has 1 aliphatic carbocycles. The van der Waals surface area contributed by atoms with Crippen LogP contribution in [0.25, 0.3) is 0 Å². The van der Waals surface area contributed by atoms with E-state index in [9.17, 15) is 13.2 Å². The van der Waals surface area contributed by atoms with Crippen molar-refractivity contribution in [3.05, 3.63) is 58.1 Å². The number of aryl methyl sites for hydroxylation is 2. The molecule has 0 radical (unpaired) electrons. The van der Waals surface area contributed by atoms with Crippen LogP contribution in [0.2, 0.25) is 5.02 Å². The van der Waals surface area contributed by atoms with Crippen LogP contribution in [0.1, 0.15) is 49.4 Å². The van der Waals surface area contributed by atoms with Gasteiger partial charge in [-0.2, -0.15) is 0 Å². The maximum atomic E-state index is 13.2. The number of anilines is 1. The van der Waals surface area contributed by atoms with E-state index in [0.717, 1.165) is 35.4 Å². The van der Waals surface area contributed by atoms with Crippen molar-refractivity contribution in [2.45, 2.75) is 51.6 Å². The Balaban J connectivity index is 1.86. The van der Waals surface area contributed by atoms with Gasteiger partial charge in [-0.15, -0.1) is 0 Å². The second-order valence-corrected chi connectivity index (χ2v) is 10.2. The van der Waals surface area contributed by atoms with Crippen LogP contribution >= 0.6 is 11.6 Å². The highest BCUT2D eigenvalue weighted by molar-refractivity contribution is 7.92. The average molecular weight is 465 g/mol. The summed E-state index contributed by atoms with van der Waals surface area (Å²) in [6.07, 6.45) is 4.71. The molecule has 1 amide bonds. The number of nitrogens with zero attached hydrogens (tertiary/aromatic N) is 1. The van der Waals surface area contributed by atoms with E-state index in [2.05, 4.69) is 17.4 Å². The van der Waals surface area contributed by atoms with Gasteiger partial charge < -0.3 is 10.1 Å². The number of benzene rings is 2. The molecule has 6 nitrogen and oxygen atoms in total. The van der Waals surface area contributed by atoms with Crippen LogP contribution in [0.3, 0.4) is 0 Å². The lowest BCUT2D eigenvalue weighted by atomic mass is 10.0. The van der Waals surface area contributed by atoms with Gasteiger partial charge in [-0.1, -0.05) is 36.7 Å². The summed E-state index contributed by atoms with van der Waals surface area (Å²) in [7, 11) is -2.26. The van der Waals surface area contributed by atoms with Crippen LogP contribution in [0.5, 0.6) is 5.75 Å². The topological polar surface area (TPSA) is 75.7 Å². The fraction of sp³-hybridized carbons (Fsp3) is 0.435. The number of sulfonamides is 1. The first-order chi connectivity index (χ1) is 14.7. The number of methoxy groups -OCH3 is 1. The lowest BCUT2D eigenvalue weighted by molar-refractivity contribution is -0.122. The van der Waals surface area contributed by atoms with E-state index in [1.54, 1.807) is 19.1 Å². The minimum atomic E-state index is -3.75. The van der Waals surface area contributed by atoms with Crippen molar-refractivity contribution in [2.75, 3.05) is 17.7 Å². The molecule has 1 N–H and O–H groups in total. The maximum Gasteiger partial charge on any atom is 0.244 e. The van der Waals surface area contributed by atoms with Crippen LogP contribution in [-0.2, 0) is 27.7 Å². The molecule has 8 heteroatoms. The minimum Gasteiger partial charge on any atom is -0.495 e. The van der Waals surface area contributed by atoms with Gasteiger partial charge in [0.1, 0.15) is 11.8 Å². The molecule has 168 valence electrons. The Kier molecular flexibility index (Phi) is 7.17. The molecular weight excluding hydrogens is 436 g/mol. The van der Waals surface area contributed by atoms with Crippen LogP contribution in [0, 0.1) is 0 Å². The van der Waals surface area contributed by atoms with Crippen molar-refractivity contribution in [3.8, 4) is 5.75 Å². The van der Waals surface area contributed by atoms with Crippen molar-refractivity contribution >= 4 is 33.2 Å². The molecule has 2 aromatic carbocycles. The quantitative estimate of drug-likeness (QED) is 0.633. The fourth-order valence-electron chi connectivity index (χ4n) is 4.11. The number of carbonyl (C=O) groups is 1. The van der Waals surface area contributed by atoms with Gasteiger partial charge in [0.15, 0.2) is 0 Å². The summed E-state index contributed by atoms with van der Waals surface area (Å²) in [6.45, 7) is 3.70. The highest BCUT2D eigenvalue weighted by atomic mass is 35.5. The van der Waals surface area contributed by atoms with E-state index >= 15 is 0 Å². The van der Waals surface area contributed by atoms with Gasteiger partial charge in [-0.25, -0.2) is 8.42 Å². The number of amides is 1. The molecular formula is C23H29ClN2O4S. The van der Waals surface area contributed by atoms with E-state index < -0.39 is 16.1 Å². The third-order valence-electron chi connectivity index (χ3n) is 5.70. The zero-order valence-corrected chi connectivity index (χ0v) is 19.9. The normalized spacial score (nSPS) is 15.1. The minimum absolute atomic E-state index is 0.242. The molecule has 0 heterocycles. The zero-order chi connectivity index (χ0) is 22.8. The largest absolute Gasteiger partial charge is 0.495 e. The molecule has 3 rings (SSSR count). The number of fused-ring (bicyclic) bond motifs is 1. The van der Waals surface area contributed by atoms with Crippen LogP contribution < -0.4 is 14.4 Å². The molecule has 31 heavy (non-hydrogen) atoms. The summed E-state index contributed by atoms with van der Waals surface area (Å²) in [5.74, 6) is 0.0782. The van der Waals surface area contributed by atoms with Gasteiger partial charge >= 0.3 is 0 Å². The third kappa shape index (κ3) is 5.15. The first-order valence-electron chi connectivity index (χ1n) is 10.4. The SMILES string of the molecule is CC[C@H](C(=O)N[C@H](C)c1ccc2c(c1)CCC2)N(c1ccc(OC)c(Cl)c1)S(C)(=O)=O. The summed E-state index contributed by atoms with van der Waals surface area (Å²) in [4.78, 5) is 13.2. The monoisotopic (exact) mass is 464 g/mol. The molecule has 2 aromatic rings. The Hall–Kier alpha value is -2.25. The van der Waals surface area contributed by atoms with E-state index in [0.29, 0.717) is 17.9 Å². The first kappa shape index (κ1) is 23.4. The molecule has 0 saturated heterocycles. The summed E-state index contributed by atoms with van der Waals surface area (Å²) < 4.78 is 31.6. The molecule has 0 fully saturated rings. The van der Waals surface area contributed by atoms with E-state index in [-0.39, 0.29) is 17.0 Å². The van der Waals surface area contributed by atoms with Crippen molar-refractivity contribution in [2.24, 2.45) is 0 Å². The van der Waals surface area contributed by atoms with Gasteiger partial charge in [-0.3, -0.25) is 9.10 Å². The molecule has 1 aliphatic rings. The number of halogens is 1. The van der Waals surface area contributed by atoms with Gasteiger partial charge in [-0.05, 0) is 67.5 Å². The Morgan fingerprint density at radius 1 is 1.19 bits per heavy atom. The van der Waals surface area contributed by atoms with Crippen molar-refractivity contribution < 1.29 is 17.9 Å². The number of hydrogen-bond acceptors (Lipinski definition) is 4. The third-order valence-corrected chi connectivity index (χ3v) is 7.18. The predicted octanol–water partition coefficient (Wildman–Crippen LogP) is 4.26. The summed E-state index contributed by atoms with van der Waals surface area (Å²) in [5, 5.41) is 3.27. The Labute approximate surface area is 189 Å². The molecule has 0 aliphatic heterocycles. The molecule has 0 saturated carbocycles. The summed E-state index contributed by atoms with van der Waals surface area (Å²) >= 11 is 6.21. The van der Waals surface area contributed by atoms with Gasteiger partial charge in [0.05, 0.1) is 30.1 Å². The standard InChI is InChI=1S/C23H29ClN2O4S/c1-5-21(26(31(4,28)29)19-11-12-22(30-3)20(24)14-19)23(27)25-15(2)17-10-9-16-7-6-8-18(16)13-17/h9-15,21H,5-8H2,1-4H3,(H,25,27)/t15-,21-/m1/s1. The second-order valence-electron chi connectivity index (χ2n) is 7.91. The van der Waals surface area contributed by atoms with Crippen LogP contribution in [-0.4, -0.2) is 33.7 Å². The number of nitrogens with one attached hydrogen (secondary N) is 1.